The van der Waals surface area contributed by atoms with Crippen molar-refractivity contribution in [2.75, 3.05) is 26.2 Å². The summed E-state index contributed by atoms with van der Waals surface area (Å²) in [6, 6.07) is 21.9. The van der Waals surface area contributed by atoms with Crippen LogP contribution >= 0.6 is 0 Å². The molecule has 0 bridgehead atoms. The maximum absolute atomic E-state index is 12.6. The molecule has 5 heteroatoms. The van der Waals surface area contributed by atoms with E-state index in [0.717, 1.165) is 11.1 Å². The van der Waals surface area contributed by atoms with Gasteiger partial charge in [0.2, 0.25) is 5.91 Å². The summed E-state index contributed by atoms with van der Waals surface area (Å²) in [4.78, 5) is 31.6. The molecule has 0 atom stereocenters. The topological polar surface area (TPSA) is 56.4 Å². The van der Waals surface area contributed by atoms with E-state index in [1.165, 1.54) is 5.56 Å². The molecule has 0 radical (unpaired) electrons. The third-order valence-corrected chi connectivity index (χ3v) is 5.16. The summed E-state index contributed by atoms with van der Waals surface area (Å²) in [6.07, 6.45) is 2.13. The molecule has 2 aromatic carbocycles. The van der Waals surface area contributed by atoms with Crippen molar-refractivity contribution in [1.82, 2.24) is 14.8 Å². The molecule has 4 rings (SSSR count). The Balaban J connectivity index is 1.32. The Morgan fingerprint density at radius 3 is 2.04 bits per heavy atom. The summed E-state index contributed by atoms with van der Waals surface area (Å²) in [5.74, 6) is 0.105. The summed E-state index contributed by atoms with van der Waals surface area (Å²) in [7, 11) is 0. The van der Waals surface area contributed by atoms with E-state index in [1.54, 1.807) is 17.2 Å². The van der Waals surface area contributed by atoms with Crippen LogP contribution in [0, 0.1) is 0 Å². The second-order valence-corrected chi connectivity index (χ2v) is 7.00. The Kier molecular flexibility index (Phi) is 5.24. The first-order valence-corrected chi connectivity index (χ1v) is 9.55. The van der Waals surface area contributed by atoms with Crippen LogP contribution in [0.15, 0.2) is 72.9 Å². The van der Waals surface area contributed by atoms with Gasteiger partial charge in [-0.05, 0) is 28.8 Å². The summed E-state index contributed by atoms with van der Waals surface area (Å²) in [6.45, 7) is 2.29. The third kappa shape index (κ3) is 3.98. The lowest BCUT2D eigenvalue weighted by molar-refractivity contribution is -0.131. The zero-order valence-electron chi connectivity index (χ0n) is 15.7. The molecule has 0 spiro atoms. The van der Waals surface area contributed by atoms with Gasteiger partial charge in [-0.1, -0.05) is 54.6 Å². The van der Waals surface area contributed by atoms with Gasteiger partial charge in [0.25, 0.3) is 5.91 Å². The van der Waals surface area contributed by atoms with Crippen LogP contribution in [-0.2, 0) is 11.2 Å². The van der Waals surface area contributed by atoms with Crippen LogP contribution in [0.25, 0.3) is 11.1 Å². The summed E-state index contributed by atoms with van der Waals surface area (Å²) in [5.41, 5.74) is 3.92. The Hall–Kier alpha value is -3.34. The molecule has 5 nitrogen and oxygen atoms in total. The average molecular weight is 373 g/mol. The van der Waals surface area contributed by atoms with E-state index in [9.17, 15) is 9.59 Å². The Labute approximate surface area is 164 Å². The molecule has 28 heavy (non-hydrogen) atoms. The van der Waals surface area contributed by atoms with Crippen molar-refractivity contribution in [3.05, 3.63) is 84.2 Å². The van der Waals surface area contributed by atoms with Gasteiger partial charge in [-0.3, -0.25) is 9.59 Å². The number of carbonyl (C=O) groups is 2. The minimum atomic E-state index is -0.00593. The summed E-state index contributed by atoms with van der Waals surface area (Å²) < 4.78 is 0. The van der Waals surface area contributed by atoms with Crippen LogP contribution in [0.5, 0.6) is 0 Å². The molecule has 0 unspecified atom stereocenters. The SMILES string of the molecule is O=C(Cc1ccc(-c2ccccc2)cc1)N1CCN(C(=O)c2ccc[nH]2)CC1. The van der Waals surface area contributed by atoms with Gasteiger partial charge in [-0.2, -0.15) is 0 Å². The van der Waals surface area contributed by atoms with Crippen molar-refractivity contribution in [3.8, 4) is 11.1 Å². The molecule has 1 saturated heterocycles. The van der Waals surface area contributed by atoms with Gasteiger partial charge in [0.1, 0.15) is 5.69 Å². The molecule has 1 N–H and O–H groups in total. The molecule has 2 heterocycles. The fourth-order valence-electron chi connectivity index (χ4n) is 3.52. The quantitative estimate of drug-likeness (QED) is 0.763. The molecule has 1 fully saturated rings. The molecule has 142 valence electrons. The second kappa shape index (κ2) is 8.13. The Bertz CT molecular complexity index is 926. The monoisotopic (exact) mass is 373 g/mol. The predicted molar refractivity (Wildman–Crippen MR) is 109 cm³/mol. The lowest BCUT2D eigenvalue weighted by Gasteiger charge is -2.34. The molecule has 1 aliphatic rings. The lowest BCUT2D eigenvalue weighted by atomic mass is 10.0. The number of amides is 2. The van der Waals surface area contributed by atoms with Crippen molar-refractivity contribution in [2.24, 2.45) is 0 Å². The molecule has 0 aliphatic carbocycles. The Morgan fingerprint density at radius 2 is 1.39 bits per heavy atom. The van der Waals surface area contributed by atoms with Crippen LogP contribution in [0.4, 0.5) is 0 Å². The maximum atomic E-state index is 12.6. The van der Waals surface area contributed by atoms with Crippen LogP contribution in [-0.4, -0.2) is 52.8 Å². The van der Waals surface area contributed by atoms with Gasteiger partial charge in [-0.15, -0.1) is 0 Å². The predicted octanol–water partition coefficient (Wildman–Crippen LogP) is 3.21. The van der Waals surface area contributed by atoms with Gasteiger partial charge >= 0.3 is 0 Å². The molecule has 3 aromatic rings. The highest BCUT2D eigenvalue weighted by molar-refractivity contribution is 5.92. The molecular weight excluding hydrogens is 350 g/mol. The van der Waals surface area contributed by atoms with Crippen LogP contribution in [0.3, 0.4) is 0 Å². The van der Waals surface area contributed by atoms with Crippen molar-refractivity contribution in [3.63, 3.8) is 0 Å². The third-order valence-electron chi connectivity index (χ3n) is 5.16. The highest BCUT2D eigenvalue weighted by Crippen LogP contribution is 2.19. The fraction of sp³-hybridized carbons (Fsp3) is 0.217. The summed E-state index contributed by atoms with van der Waals surface area (Å²) >= 11 is 0. The minimum absolute atomic E-state index is 0.00593. The zero-order chi connectivity index (χ0) is 19.3. The first-order valence-electron chi connectivity index (χ1n) is 9.55. The molecule has 1 aromatic heterocycles. The minimum Gasteiger partial charge on any atom is -0.357 e. The van der Waals surface area contributed by atoms with E-state index in [2.05, 4.69) is 29.2 Å². The number of nitrogens with zero attached hydrogens (tertiary/aromatic N) is 2. The van der Waals surface area contributed by atoms with E-state index in [-0.39, 0.29) is 11.8 Å². The number of rotatable bonds is 4. The van der Waals surface area contributed by atoms with E-state index in [4.69, 9.17) is 0 Å². The molecular formula is C23H23N3O2. The van der Waals surface area contributed by atoms with Gasteiger partial charge in [0, 0.05) is 32.4 Å². The molecule has 1 aliphatic heterocycles. The first kappa shape index (κ1) is 18.0. The van der Waals surface area contributed by atoms with Crippen LogP contribution < -0.4 is 0 Å². The number of H-pyrrole nitrogens is 1. The Morgan fingerprint density at radius 1 is 0.750 bits per heavy atom. The van der Waals surface area contributed by atoms with Crippen LogP contribution in [0.1, 0.15) is 16.1 Å². The average Bonchev–Trinajstić information content (AvgIpc) is 3.29. The van der Waals surface area contributed by atoms with E-state index < -0.39 is 0 Å². The van der Waals surface area contributed by atoms with Gasteiger partial charge in [0.15, 0.2) is 0 Å². The van der Waals surface area contributed by atoms with E-state index in [1.807, 2.05) is 41.3 Å². The fourth-order valence-corrected chi connectivity index (χ4v) is 3.52. The maximum Gasteiger partial charge on any atom is 0.270 e. The molecule has 2 amide bonds. The van der Waals surface area contributed by atoms with Crippen molar-refractivity contribution in [1.29, 1.82) is 0 Å². The smallest absolute Gasteiger partial charge is 0.270 e. The zero-order valence-corrected chi connectivity index (χ0v) is 15.7. The number of aromatic nitrogens is 1. The lowest BCUT2D eigenvalue weighted by Crippen LogP contribution is -2.51. The normalized spacial score (nSPS) is 14.1. The number of hydrogen-bond donors (Lipinski definition) is 1. The van der Waals surface area contributed by atoms with E-state index >= 15 is 0 Å². The second-order valence-electron chi connectivity index (χ2n) is 7.00. The van der Waals surface area contributed by atoms with Gasteiger partial charge in [-0.25, -0.2) is 0 Å². The van der Waals surface area contributed by atoms with E-state index in [0.29, 0.717) is 38.3 Å². The van der Waals surface area contributed by atoms with Crippen LogP contribution in [0.2, 0.25) is 0 Å². The highest BCUT2D eigenvalue weighted by atomic mass is 16.2. The number of benzene rings is 2. The highest BCUT2D eigenvalue weighted by Gasteiger charge is 2.25. The van der Waals surface area contributed by atoms with Gasteiger partial charge < -0.3 is 14.8 Å². The van der Waals surface area contributed by atoms with Crippen molar-refractivity contribution in [2.45, 2.75) is 6.42 Å². The largest absolute Gasteiger partial charge is 0.357 e. The number of aromatic amines is 1. The number of hydrogen-bond acceptors (Lipinski definition) is 2. The number of piperazine rings is 1. The first-order chi connectivity index (χ1) is 13.7. The number of carbonyl (C=O) groups excluding carboxylic acids is 2. The number of nitrogens with one attached hydrogen (secondary N) is 1. The summed E-state index contributed by atoms with van der Waals surface area (Å²) in [5, 5.41) is 0. The standard InChI is InChI=1S/C23H23N3O2/c27-22(17-18-8-10-20(11-9-18)19-5-2-1-3-6-19)25-13-15-26(16-14-25)23(28)21-7-4-12-24-21/h1-12,24H,13-17H2. The molecule has 0 saturated carbocycles. The van der Waals surface area contributed by atoms with Crippen molar-refractivity contribution < 1.29 is 9.59 Å². The van der Waals surface area contributed by atoms with Crippen molar-refractivity contribution >= 4 is 11.8 Å². The van der Waals surface area contributed by atoms with Gasteiger partial charge in [0.05, 0.1) is 6.42 Å².